The van der Waals surface area contributed by atoms with Crippen molar-refractivity contribution in [1.29, 1.82) is 0 Å². The number of rotatable bonds is 5. The third-order valence-electron chi connectivity index (χ3n) is 8.36. The number of fused-ring (bicyclic) bond motifs is 1. The fraction of sp³-hybridized carbons (Fsp3) is 0.375. The van der Waals surface area contributed by atoms with Crippen molar-refractivity contribution in [2.24, 2.45) is 5.92 Å². The lowest BCUT2D eigenvalue weighted by Gasteiger charge is -2.40. The Morgan fingerprint density at radius 3 is 2.21 bits per heavy atom. The van der Waals surface area contributed by atoms with Gasteiger partial charge in [-0.05, 0) is 87.3 Å². The fourth-order valence-corrected chi connectivity index (χ4v) is 6.58. The first kappa shape index (κ1) is 26.1. The van der Waals surface area contributed by atoms with Gasteiger partial charge in [0.2, 0.25) is 5.91 Å². The topological polar surface area (TPSA) is 44.6 Å². The van der Waals surface area contributed by atoms with Crippen LogP contribution in [0.5, 0.6) is 0 Å². The van der Waals surface area contributed by atoms with Gasteiger partial charge >= 0.3 is 0 Å². The van der Waals surface area contributed by atoms with Crippen molar-refractivity contribution in [2.75, 3.05) is 44.2 Å². The summed E-state index contributed by atoms with van der Waals surface area (Å²) in [5, 5.41) is 0. The second-order valence-corrected chi connectivity index (χ2v) is 11.8. The van der Waals surface area contributed by atoms with Crippen LogP contribution in [-0.4, -0.2) is 64.5 Å². The van der Waals surface area contributed by atoms with Gasteiger partial charge in [-0.2, -0.15) is 0 Å². The highest BCUT2D eigenvalue weighted by Gasteiger charge is 2.31. The zero-order valence-electron chi connectivity index (χ0n) is 22.8. The predicted octanol–water partition coefficient (Wildman–Crippen LogP) is 5.97. The molecule has 2 saturated heterocycles. The van der Waals surface area contributed by atoms with Crippen molar-refractivity contribution in [2.45, 2.75) is 33.2 Å². The SMILES string of the molecule is Cc1cccc(C)c1N1CCN(C(=O)C2CCN(Cc3nc4ccccc4n3-c3ccc(Br)cc3)CC2)CC1. The first-order valence-electron chi connectivity index (χ1n) is 14.0. The fourth-order valence-electron chi connectivity index (χ4n) is 6.31. The van der Waals surface area contributed by atoms with Gasteiger partial charge in [-0.1, -0.05) is 46.3 Å². The van der Waals surface area contributed by atoms with Gasteiger partial charge in [0.05, 0.1) is 17.6 Å². The van der Waals surface area contributed by atoms with Crippen molar-refractivity contribution < 1.29 is 4.79 Å². The van der Waals surface area contributed by atoms with Crippen molar-refractivity contribution in [1.82, 2.24) is 19.4 Å². The van der Waals surface area contributed by atoms with Crippen LogP contribution in [0.15, 0.2) is 71.2 Å². The van der Waals surface area contributed by atoms with Gasteiger partial charge in [-0.3, -0.25) is 14.3 Å². The standard InChI is InChI=1S/C32H36BrN5O/c1-23-6-5-7-24(2)31(23)36-18-20-37(21-19-36)32(39)25-14-16-35(17-15-25)22-30-34-28-8-3-4-9-29(28)38(30)27-12-10-26(33)11-13-27/h3-13,25H,14-22H2,1-2H3. The summed E-state index contributed by atoms with van der Waals surface area (Å²) in [4.78, 5) is 25.5. The van der Waals surface area contributed by atoms with Crippen molar-refractivity contribution >= 4 is 38.6 Å². The highest BCUT2D eigenvalue weighted by Crippen LogP contribution is 2.28. The van der Waals surface area contributed by atoms with Crippen LogP contribution in [-0.2, 0) is 11.3 Å². The number of imidazole rings is 1. The molecule has 1 aromatic heterocycles. The van der Waals surface area contributed by atoms with E-state index in [-0.39, 0.29) is 5.92 Å². The molecular formula is C32H36BrN5O. The molecule has 2 aliphatic heterocycles. The minimum absolute atomic E-state index is 0.123. The summed E-state index contributed by atoms with van der Waals surface area (Å²) in [5.74, 6) is 1.52. The molecule has 0 spiro atoms. The number of carbonyl (C=O) groups excluding carboxylic acids is 1. The van der Waals surface area contributed by atoms with Crippen molar-refractivity contribution in [3.05, 3.63) is 88.2 Å². The predicted molar refractivity (Wildman–Crippen MR) is 161 cm³/mol. The summed E-state index contributed by atoms with van der Waals surface area (Å²) in [6, 6.07) is 23.2. The molecule has 2 fully saturated rings. The molecule has 0 saturated carbocycles. The molecular weight excluding hydrogens is 550 g/mol. The maximum Gasteiger partial charge on any atom is 0.225 e. The van der Waals surface area contributed by atoms with Crippen LogP contribution in [0.1, 0.15) is 29.8 Å². The molecule has 39 heavy (non-hydrogen) atoms. The number of halogens is 1. The molecule has 6 nitrogen and oxygen atoms in total. The van der Waals surface area contributed by atoms with E-state index in [1.54, 1.807) is 0 Å². The van der Waals surface area contributed by atoms with E-state index in [9.17, 15) is 4.79 Å². The van der Waals surface area contributed by atoms with Crippen LogP contribution in [0.3, 0.4) is 0 Å². The van der Waals surface area contributed by atoms with E-state index in [1.807, 2.05) is 6.07 Å². The summed E-state index contributed by atoms with van der Waals surface area (Å²) >= 11 is 3.56. The first-order chi connectivity index (χ1) is 19.0. The Morgan fingerprint density at radius 1 is 0.846 bits per heavy atom. The Labute approximate surface area is 239 Å². The molecule has 0 bridgehead atoms. The van der Waals surface area contributed by atoms with E-state index >= 15 is 0 Å². The number of carbonyl (C=O) groups is 1. The molecule has 6 rings (SSSR count). The number of para-hydroxylation sites is 3. The largest absolute Gasteiger partial charge is 0.368 e. The Bertz CT molecular complexity index is 1440. The number of hydrogen-bond acceptors (Lipinski definition) is 4. The van der Waals surface area contributed by atoms with Crippen LogP contribution in [0.2, 0.25) is 0 Å². The molecule has 0 aliphatic carbocycles. The molecule has 202 valence electrons. The molecule has 7 heteroatoms. The smallest absolute Gasteiger partial charge is 0.225 e. The number of amides is 1. The quantitative estimate of drug-likeness (QED) is 0.289. The maximum atomic E-state index is 13.4. The molecule has 2 aliphatic rings. The summed E-state index contributed by atoms with van der Waals surface area (Å²) in [6.45, 7) is 10.4. The van der Waals surface area contributed by atoms with Crippen LogP contribution >= 0.6 is 15.9 Å². The van der Waals surface area contributed by atoms with Gasteiger partial charge < -0.3 is 9.80 Å². The minimum atomic E-state index is 0.123. The second-order valence-electron chi connectivity index (χ2n) is 10.9. The monoisotopic (exact) mass is 585 g/mol. The molecule has 4 aromatic rings. The first-order valence-corrected chi connectivity index (χ1v) is 14.8. The lowest BCUT2D eigenvalue weighted by Crippen LogP contribution is -2.52. The number of piperidine rings is 1. The van der Waals surface area contributed by atoms with Gasteiger partial charge in [-0.25, -0.2) is 4.98 Å². The van der Waals surface area contributed by atoms with Gasteiger partial charge in [0.15, 0.2) is 0 Å². The number of aromatic nitrogens is 2. The highest BCUT2D eigenvalue weighted by atomic mass is 79.9. The Balaban J connectivity index is 1.08. The van der Waals surface area contributed by atoms with Gasteiger partial charge in [0.1, 0.15) is 5.82 Å². The summed E-state index contributed by atoms with van der Waals surface area (Å²) in [6.07, 6.45) is 1.82. The highest BCUT2D eigenvalue weighted by molar-refractivity contribution is 9.10. The molecule has 3 heterocycles. The molecule has 3 aromatic carbocycles. The number of aryl methyl sites for hydroxylation is 2. The van der Waals surface area contributed by atoms with E-state index in [2.05, 4.69) is 110 Å². The van der Waals surface area contributed by atoms with E-state index in [1.165, 1.54) is 16.8 Å². The van der Waals surface area contributed by atoms with Crippen LogP contribution in [0.25, 0.3) is 16.7 Å². The average Bonchev–Trinajstić information content (AvgIpc) is 3.31. The van der Waals surface area contributed by atoms with Gasteiger partial charge in [-0.15, -0.1) is 0 Å². The van der Waals surface area contributed by atoms with E-state index < -0.39 is 0 Å². The molecule has 0 atom stereocenters. The second kappa shape index (κ2) is 11.1. The Morgan fingerprint density at radius 2 is 1.51 bits per heavy atom. The Hall–Kier alpha value is -3.16. The third-order valence-corrected chi connectivity index (χ3v) is 8.89. The normalized spacial score (nSPS) is 17.2. The van der Waals surface area contributed by atoms with E-state index in [0.717, 1.165) is 85.7 Å². The van der Waals surface area contributed by atoms with Gasteiger partial charge in [0, 0.05) is 47.9 Å². The molecule has 0 unspecified atom stereocenters. The zero-order chi connectivity index (χ0) is 26.9. The number of likely N-dealkylation sites (tertiary alicyclic amines) is 1. The summed E-state index contributed by atoms with van der Waals surface area (Å²) in [5.41, 5.74) is 7.23. The summed E-state index contributed by atoms with van der Waals surface area (Å²) in [7, 11) is 0. The van der Waals surface area contributed by atoms with Crippen LogP contribution in [0, 0.1) is 19.8 Å². The number of benzene rings is 3. The van der Waals surface area contributed by atoms with Crippen LogP contribution < -0.4 is 4.90 Å². The lowest BCUT2D eigenvalue weighted by atomic mass is 9.95. The number of anilines is 1. The number of piperazine rings is 1. The van der Waals surface area contributed by atoms with E-state index in [0.29, 0.717) is 5.91 Å². The van der Waals surface area contributed by atoms with Crippen molar-refractivity contribution in [3.8, 4) is 5.69 Å². The summed E-state index contributed by atoms with van der Waals surface area (Å²) < 4.78 is 3.34. The number of nitrogens with zero attached hydrogens (tertiary/aromatic N) is 5. The minimum Gasteiger partial charge on any atom is -0.368 e. The van der Waals surface area contributed by atoms with E-state index in [4.69, 9.17) is 4.98 Å². The number of hydrogen-bond donors (Lipinski definition) is 0. The van der Waals surface area contributed by atoms with Crippen LogP contribution in [0.4, 0.5) is 5.69 Å². The Kier molecular flexibility index (Phi) is 7.45. The average molecular weight is 587 g/mol. The van der Waals surface area contributed by atoms with Crippen molar-refractivity contribution in [3.63, 3.8) is 0 Å². The molecule has 0 N–H and O–H groups in total. The van der Waals surface area contributed by atoms with Gasteiger partial charge in [0.25, 0.3) is 0 Å². The lowest BCUT2D eigenvalue weighted by molar-refractivity contribution is -0.137. The molecule has 0 radical (unpaired) electrons. The zero-order valence-corrected chi connectivity index (χ0v) is 24.4. The third kappa shape index (κ3) is 5.35. The molecule has 1 amide bonds. The maximum absolute atomic E-state index is 13.4.